The van der Waals surface area contributed by atoms with Crippen molar-refractivity contribution in [2.45, 2.75) is 13.0 Å². The topological polar surface area (TPSA) is 82.3 Å². The van der Waals surface area contributed by atoms with Gasteiger partial charge in [-0.1, -0.05) is 35.3 Å². The van der Waals surface area contributed by atoms with Gasteiger partial charge in [0, 0.05) is 10.7 Å². The molecule has 2 aromatic carbocycles. The second-order valence-corrected chi connectivity index (χ2v) is 6.50. The number of hydrogen-bond donors (Lipinski definition) is 4. The monoisotopic (exact) mass is 410 g/mol. The van der Waals surface area contributed by atoms with Crippen LogP contribution in [-0.2, 0) is 4.79 Å². The highest BCUT2D eigenvalue weighted by Crippen LogP contribution is 2.15. The highest BCUT2D eigenvalue weighted by molar-refractivity contribution is 7.80. The van der Waals surface area contributed by atoms with E-state index in [2.05, 4.69) is 21.5 Å². The van der Waals surface area contributed by atoms with Gasteiger partial charge >= 0.3 is 0 Å². The number of rotatable bonds is 4. The van der Waals surface area contributed by atoms with E-state index in [9.17, 15) is 9.59 Å². The first-order valence-corrected chi connectivity index (χ1v) is 8.71. The van der Waals surface area contributed by atoms with Gasteiger partial charge in [0.05, 0.1) is 10.6 Å². The second kappa shape index (κ2) is 9.38. The van der Waals surface area contributed by atoms with Crippen molar-refractivity contribution < 1.29 is 9.59 Å². The van der Waals surface area contributed by atoms with E-state index in [4.69, 9.17) is 35.4 Å². The minimum absolute atomic E-state index is 0.185. The fraction of sp³-hybridized carbons (Fsp3) is 0.118. The molecule has 2 rings (SSSR count). The highest BCUT2D eigenvalue weighted by atomic mass is 35.5. The zero-order chi connectivity index (χ0) is 19.1. The molecule has 4 N–H and O–H groups in total. The zero-order valence-electron chi connectivity index (χ0n) is 13.7. The summed E-state index contributed by atoms with van der Waals surface area (Å²) < 4.78 is 0. The Hall–Kier alpha value is -2.35. The molecule has 2 amide bonds. The van der Waals surface area contributed by atoms with Crippen molar-refractivity contribution in [1.29, 1.82) is 0 Å². The van der Waals surface area contributed by atoms with E-state index in [1.165, 1.54) is 0 Å². The molecule has 2 aromatic rings. The van der Waals surface area contributed by atoms with E-state index in [-0.39, 0.29) is 5.11 Å². The van der Waals surface area contributed by atoms with E-state index in [1.54, 1.807) is 55.5 Å². The number of hydrazine groups is 1. The van der Waals surface area contributed by atoms with Gasteiger partial charge in [0.1, 0.15) is 6.04 Å². The van der Waals surface area contributed by atoms with Crippen LogP contribution in [0.3, 0.4) is 0 Å². The van der Waals surface area contributed by atoms with Crippen LogP contribution in [0.4, 0.5) is 5.69 Å². The van der Waals surface area contributed by atoms with Gasteiger partial charge in [-0.25, -0.2) is 0 Å². The quantitative estimate of drug-likeness (QED) is 0.459. The lowest BCUT2D eigenvalue weighted by molar-refractivity contribution is -0.123. The Bertz CT molecular complexity index is 815. The zero-order valence-corrected chi connectivity index (χ0v) is 16.0. The Morgan fingerprint density at radius 1 is 1.00 bits per heavy atom. The van der Waals surface area contributed by atoms with E-state index < -0.39 is 17.9 Å². The molecule has 0 saturated carbocycles. The molecule has 0 spiro atoms. The normalized spacial score (nSPS) is 11.2. The van der Waals surface area contributed by atoms with Crippen molar-refractivity contribution >= 4 is 58.0 Å². The molecule has 0 fully saturated rings. The van der Waals surface area contributed by atoms with Crippen LogP contribution in [0.15, 0.2) is 48.5 Å². The third kappa shape index (κ3) is 5.87. The van der Waals surface area contributed by atoms with Gasteiger partial charge in [-0.05, 0) is 55.5 Å². The minimum atomic E-state index is -0.801. The highest BCUT2D eigenvalue weighted by Gasteiger charge is 2.18. The summed E-state index contributed by atoms with van der Waals surface area (Å²) in [5, 5.41) is 6.54. The van der Waals surface area contributed by atoms with Crippen LogP contribution in [0.5, 0.6) is 0 Å². The Labute approximate surface area is 166 Å². The van der Waals surface area contributed by atoms with Gasteiger partial charge in [0.2, 0.25) is 0 Å². The minimum Gasteiger partial charge on any atom is -0.340 e. The lowest BCUT2D eigenvalue weighted by atomic mass is 10.2. The largest absolute Gasteiger partial charge is 0.340 e. The second-order valence-electron chi connectivity index (χ2n) is 5.25. The number of thiocarbonyl (C=S) groups is 1. The summed E-state index contributed by atoms with van der Waals surface area (Å²) in [5.74, 6) is -0.911. The van der Waals surface area contributed by atoms with Crippen LogP contribution >= 0.6 is 35.4 Å². The lowest BCUT2D eigenvalue weighted by Crippen LogP contribution is -2.51. The number of halogens is 2. The Balaban J connectivity index is 1.81. The number of amides is 2. The number of benzene rings is 2. The fourth-order valence-electron chi connectivity index (χ4n) is 1.91. The molecule has 0 bridgehead atoms. The van der Waals surface area contributed by atoms with Crippen LogP contribution in [0, 0.1) is 0 Å². The molecule has 0 aromatic heterocycles. The van der Waals surface area contributed by atoms with Crippen LogP contribution in [0.25, 0.3) is 0 Å². The molecule has 0 aliphatic rings. The summed E-state index contributed by atoms with van der Waals surface area (Å²) in [7, 11) is 0. The van der Waals surface area contributed by atoms with Gasteiger partial charge in [-0.2, -0.15) is 0 Å². The molecule has 0 heterocycles. The van der Waals surface area contributed by atoms with Gasteiger partial charge < -0.3 is 10.6 Å². The van der Waals surface area contributed by atoms with Crippen molar-refractivity contribution in [2.75, 3.05) is 5.32 Å². The number of carbonyl (C=O) groups is 2. The van der Waals surface area contributed by atoms with Gasteiger partial charge in [0.25, 0.3) is 11.8 Å². The van der Waals surface area contributed by atoms with Crippen LogP contribution in [-0.4, -0.2) is 23.0 Å². The first kappa shape index (κ1) is 20.0. The molecule has 6 nitrogen and oxygen atoms in total. The fourth-order valence-corrected chi connectivity index (χ4v) is 2.42. The van der Waals surface area contributed by atoms with Crippen molar-refractivity contribution in [3.05, 3.63) is 64.1 Å². The van der Waals surface area contributed by atoms with Crippen molar-refractivity contribution in [3.63, 3.8) is 0 Å². The molecule has 1 atom stereocenters. The molecule has 0 radical (unpaired) electrons. The van der Waals surface area contributed by atoms with Crippen molar-refractivity contribution in [1.82, 2.24) is 16.2 Å². The van der Waals surface area contributed by atoms with E-state index >= 15 is 0 Å². The summed E-state index contributed by atoms with van der Waals surface area (Å²) in [4.78, 5) is 24.2. The molecular formula is C17H16Cl2N4O2S. The third-order valence-corrected chi connectivity index (χ3v) is 4.05. The predicted octanol–water partition coefficient (Wildman–Crippen LogP) is 3.13. The number of anilines is 1. The van der Waals surface area contributed by atoms with E-state index in [0.717, 1.165) is 0 Å². The molecule has 9 heteroatoms. The van der Waals surface area contributed by atoms with Gasteiger partial charge in [-0.15, -0.1) is 0 Å². The smallest absolute Gasteiger partial charge is 0.260 e. The standard InChI is InChI=1S/C17H16Cl2N4O2S/c1-10(20-16(25)13-4-2-3-5-14(13)19)15(24)22-23-17(26)21-12-8-6-11(18)7-9-12/h2-10H,1H3,(H,20,25)(H,22,24)(H2,21,23,26)/t10-/m0/s1. The van der Waals surface area contributed by atoms with E-state index in [1.807, 2.05) is 0 Å². The third-order valence-electron chi connectivity index (χ3n) is 3.26. The number of hydrogen-bond acceptors (Lipinski definition) is 3. The summed E-state index contributed by atoms with van der Waals surface area (Å²) in [6, 6.07) is 12.7. The molecule has 0 aliphatic heterocycles. The summed E-state index contributed by atoms with van der Waals surface area (Å²) in [6.07, 6.45) is 0. The average Bonchev–Trinajstić information content (AvgIpc) is 2.61. The Morgan fingerprint density at radius 2 is 1.65 bits per heavy atom. The maximum absolute atomic E-state index is 12.1. The Kier molecular flexibility index (Phi) is 7.20. The number of carbonyl (C=O) groups excluding carboxylic acids is 2. The maximum Gasteiger partial charge on any atom is 0.260 e. The summed E-state index contributed by atoms with van der Waals surface area (Å²) in [6.45, 7) is 1.54. The van der Waals surface area contributed by atoms with Crippen molar-refractivity contribution in [3.8, 4) is 0 Å². The SMILES string of the molecule is C[C@H](NC(=O)c1ccccc1Cl)C(=O)NNC(=S)Nc1ccc(Cl)cc1. The molecule has 0 unspecified atom stereocenters. The van der Waals surface area contributed by atoms with Crippen LogP contribution < -0.4 is 21.5 Å². The molecule has 0 saturated heterocycles. The van der Waals surface area contributed by atoms with Gasteiger partial charge in [0.15, 0.2) is 5.11 Å². The molecular weight excluding hydrogens is 395 g/mol. The summed E-state index contributed by atoms with van der Waals surface area (Å²) >= 11 is 16.9. The summed E-state index contributed by atoms with van der Waals surface area (Å²) in [5.41, 5.74) is 5.98. The number of nitrogens with one attached hydrogen (secondary N) is 4. The molecule has 136 valence electrons. The maximum atomic E-state index is 12.1. The first-order valence-electron chi connectivity index (χ1n) is 7.54. The van der Waals surface area contributed by atoms with Gasteiger partial charge in [-0.3, -0.25) is 20.4 Å². The molecule has 0 aliphatic carbocycles. The Morgan fingerprint density at radius 3 is 2.31 bits per heavy atom. The molecule has 26 heavy (non-hydrogen) atoms. The van der Waals surface area contributed by atoms with Crippen LogP contribution in [0.1, 0.15) is 17.3 Å². The van der Waals surface area contributed by atoms with Crippen LogP contribution in [0.2, 0.25) is 10.0 Å². The lowest BCUT2D eigenvalue weighted by Gasteiger charge is -2.16. The van der Waals surface area contributed by atoms with E-state index in [0.29, 0.717) is 21.3 Å². The first-order chi connectivity index (χ1) is 12.4. The average molecular weight is 411 g/mol. The van der Waals surface area contributed by atoms with Crippen molar-refractivity contribution in [2.24, 2.45) is 0 Å². The predicted molar refractivity (Wildman–Crippen MR) is 107 cm³/mol.